The monoisotopic (exact) mass is 915 g/mol. The molecule has 0 saturated carbocycles. The Balaban J connectivity index is 0.00000273. The first-order chi connectivity index (χ1) is 29.0. The normalized spacial score (nSPS) is 36.2. The van der Waals surface area contributed by atoms with Crippen molar-refractivity contribution < 1.29 is 56.2 Å². The molecular weight excluding hydrogens is 853 g/mol. The number of hydrogen-bond donors (Lipinski definition) is 2. The maximum atomic E-state index is 16.9. The Labute approximate surface area is 370 Å². The van der Waals surface area contributed by atoms with E-state index in [0.717, 1.165) is 11.8 Å². The molecule has 0 aromatic carbocycles. The Morgan fingerprint density at radius 1 is 1.11 bits per heavy atom. The van der Waals surface area contributed by atoms with Gasteiger partial charge in [0.25, 0.3) is 5.67 Å². The quantitative estimate of drug-likeness (QED) is 0.181. The zero-order valence-corrected chi connectivity index (χ0v) is 39.2. The molecule has 0 aliphatic carbocycles. The Bertz CT molecular complexity index is 1900. The molecule has 3 fully saturated rings. The number of nitrogens with zero attached hydrogens (tertiary/aromatic N) is 6. The molecule has 0 radical (unpaired) electrons. The van der Waals surface area contributed by atoms with Gasteiger partial charge < -0.3 is 39.4 Å². The van der Waals surface area contributed by atoms with Gasteiger partial charge in [0.2, 0.25) is 0 Å². The molecule has 62 heavy (non-hydrogen) atoms. The van der Waals surface area contributed by atoms with Crippen LogP contribution in [0.15, 0.2) is 24.5 Å². The van der Waals surface area contributed by atoms with E-state index in [4.69, 9.17) is 29.4 Å². The van der Waals surface area contributed by atoms with E-state index >= 15 is 4.39 Å². The molecule has 2 aromatic rings. The van der Waals surface area contributed by atoms with Crippen molar-refractivity contribution in [1.82, 2.24) is 29.8 Å². The number of Topliss-reactive ketones (excluding diaryl/α,β-unsaturated/α-hetero) is 2. The third-order valence-electron chi connectivity index (χ3n) is 12.3. The molecule has 3 saturated heterocycles. The average molecular weight is 916 g/mol. The summed E-state index contributed by atoms with van der Waals surface area (Å²) in [6, 6.07) is -1.37. The summed E-state index contributed by atoms with van der Waals surface area (Å²) in [7, 11) is 5.02. The molecular formula is C41H63F2N7O10S2. The summed E-state index contributed by atoms with van der Waals surface area (Å²) in [6.07, 6.45) is 2.62. The highest BCUT2D eigenvalue weighted by Gasteiger charge is 2.61. The number of aliphatic hydroxyl groups excluding tert-OH is 1. The predicted molar refractivity (Wildman–Crippen MR) is 229 cm³/mol. The highest BCUT2D eigenvalue weighted by atomic mass is 32.2. The van der Waals surface area contributed by atoms with Crippen molar-refractivity contribution in [3.8, 4) is 10.6 Å². The summed E-state index contributed by atoms with van der Waals surface area (Å²) in [6.45, 7) is 12.6. The van der Waals surface area contributed by atoms with E-state index in [1.54, 1.807) is 63.8 Å². The topological polar surface area (TPSA) is 211 Å². The van der Waals surface area contributed by atoms with E-state index in [1.165, 1.54) is 36.5 Å². The van der Waals surface area contributed by atoms with Crippen LogP contribution in [0.5, 0.6) is 0 Å². The number of thiazole rings is 1. The number of esters is 1. The molecule has 21 heteroatoms. The Morgan fingerprint density at radius 2 is 1.76 bits per heavy atom. The predicted octanol–water partition coefficient (Wildman–Crippen LogP) is 5.07. The number of halogens is 2. The minimum Gasteiger partial charge on any atom is -0.455 e. The minimum absolute atomic E-state index is 0.00100. The SMILES string of the molecule is CC[C@H]1OC(=O)[C@@](C)(F)C(=O)[C@H](C)[C@@H](O[C@@H]2OC(C)CC(N(C)C)C2O)[C@](C)(OC)C[C@@H](C)C(=O)[C@H](C)[C@H]2N(C/C=C/Cn3cc(-c4cnc(N)s4)nn3)C(=O)O[C@]12C.CSF. The zero-order chi connectivity index (χ0) is 46.5. The Kier molecular flexibility index (Phi) is 17.2. The van der Waals surface area contributed by atoms with Gasteiger partial charge in [0, 0.05) is 62.1 Å². The van der Waals surface area contributed by atoms with Gasteiger partial charge in [0.1, 0.15) is 23.7 Å². The van der Waals surface area contributed by atoms with Crippen LogP contribution in [0.3, 0.4) is 0 Å². The highest BCUT2D eigenvalue weighted by Crippen LogP contribution is 2.43. The van der Waals surface area contributed by atoms with Crippen LogP contribution < -0.4 is 5.73 Å². The second-order valence-electron chi connectivity index (χ2n) is 17.1. The van der Waals surface area contributed by atoms with Crippen LogP contribution in [-0.2, 0) is 44.6 Å². The number of methoxy groups -OCH3 is 1. The number of ketones is 2. The van der Waals surface area contributed by atoms with Crippen LogP contribution in [-0.4, -0.2) is 152 Å². The van der Waals surface area contributed by atoms with E-state index in [-0.39, 0.29) is 49.5 Å². The lowest BCUT2D eigenvalue weighted by Gasteiger charge is -2.47. The van der Waals surface area contributed by atoms with Gasteiger partial charge in [0.05, 0.1) is 41.5 Å². The molecule has 13 atom stereocenters. The molecule has 2 aromatic heterocycles. The van der Waals surface area contributed by atoms with Gasteiger partial charge in [0.15, 0.2) is 22.8 Å². The minimum atomic E-state index is -3.20. The number of allylic oxidation sites excluding steroid dienone is 1. The molecule has 3 unspecified atom stereocenters. The van der Waals surface area contributed by atoms with Crippen molar-refractivity contribution in [3.63, 3.8) is 0 Å². The fourth-order valence-corrected chi connectivity index (χ4v) is 9.58. The van der Waals surface area contributed by atoms with Crippen LogP contribution >= 0.6 is 23.5 Å². The number of carbonyl (C=O) groups excluding carboxylic acids is 4. The first-order valence-corrected chi connectivity index (χ1v) is 22.5. The first-order valence-electron chi connectivity index (χ1n) is 20.6. The van der Waals surface area contributed by atoms with Crippen molar-refractivity contribution in [3.05, 3.63) is 24.5 Å². The molecule has 0 spiro atoms. The molecule has 348 valence electrons. The summed E-state index contributed by atoms with van der Waals surface area (Å²) < 4.78 is 59.1. The third-order valence-corrected chi connectivity index (χ3v) is 13.1. The second kappa shape index (κ2) is 20.9. The van der Waals surface area contributed by atoms with Crippen LogP contribution in [0.25, 0.3) is 10.6 Å². The van der Waals surface area contributed by atoms with Gasteiger partial charge in [-0.2, -0.15) is 3.89 Å². The van der Waals surface area contributed by atoms with Crippen molar-refractivity contribution in [2.75, 3.05) is 39.7 Å². The zero-order valence-electron chi connectivity index (χ0n) is 37.6. The number of hydrogen-bond acceptors (Lipinski definition) is 17. The average Bonchev–Trinajstić information content (AvgIpc) is 3.94. The molecule has 3 aliphatic rings. The lowest BCUT2D eigenvalue weighted by Crippen LogP contribution is -2.61. The number of nitrogen functional groups attached to an aromatic ring is 1. The number of aromatic nitrogens is 4. The van der Waals surface area contributed by atoms with Crippen molar-refractivity contribution in [1.29, 1.82) is 0 Å². The second-order valence-corrected chi connectivity index (χ2v) is 18.4. The maximum Gasteiger partial charge on any atom is 0.411 e. The van der Waals surface area contributed by atoms with E-state index in [0.29, 0.717) is 23.8 Å². The third kappa shape index (κ3) is 10.8. The number of anilines is 1. The standard InChI is InChI=1S/C40H60FN7O10S.CH3FS/c1-12-28-40(8)31(48(37(53)58-40)16-14-13-15-47-20-25(44-45-47)27-19-43-36(42)59-27)23(4)29(49)21(2)18-38(6,54-11)33(24(5)32(51)39(7,41)35(52)56-28)57-34-30(50)26(46(9)10)17-22(3)55-34;1-3-2/h13-14,19-24,26,28,30-31,33-34,50H,12,15-18H2,1-11H3,(H2,42,43);1H3/b14-13+;/t21-,22?,23+,24+,26?,28-,30?,31-,33-,34+,38-,39+,40-;/m1./s1. The summed E-state index contributed by atoms with van der Waals surface area (Å²) in [5.74, 6) is -5.97. The fourth-order valence-electron chi connectivity index (χ4n) is 8.95. The van der Waals surface area contributed by atoms with E-state index in [1.807, 2.05) is 25.9 Å². The van der Waals surface area contributed by atoms with Crippen LogP contribution in [0, 0.1) is 17.8 Å². The smallest absolute Gasteiger partial charge is 0.411 e. The number of fused-ring (bicyclic) bond motifs is 1. The molecule has 5 rings (SSSR count). The molecule has 3 aliphatic heterocycles. The van der Waals surface area contributed by atoms with Gasteiger partial charge in [-0.25, -0.2) is 23.6 Å². The van der Waals surface area contributed by atoms with Crippen molar-refractivity contribution in [2.24, 2.45) is 17.8 Å². The van der Waals surface area contributed by atoms with Gasteiger partial charge in [-0.1, -0.05) is 56.4 Å². The number of ether oxygens (including phenoxy) is 5. The summed E-state index contributed by atoms with van der Waals surface area (Å²) in [5.41, 5.74) is 0.0480. The van der Waals surface area contributed by atoms with Crippen LogP contribution in [0.1, 0.15) is 74.7 Å². The lowest BCUT2D eigenvalue weighted by atomic mass is 9.73. The Hall–Kier alpha value is -3.60. The number of carbonyl (C=O) groups is 4. The largest absolute Gasteiger partial charge is 0.455 e. The number of likely N-dealkylation sites (N-methyl/N-ethyl adjacent to an activating group) is 1. The molecule has 0 bridgehead atoms. The molecule has 17 nitrogen and oxygen atoms in total. The Morgan fingerprint density at radius 3 is 2.34 bits per heavy atom. The van der Waals surface area contributed by atoms with E-state index in [9.17, 15) is 28.2 Å². The highest BCUT2D eigenvalue weighted by molar-refractivity contribution is 7.93. The summed E-state index contributed by atoms with van der Waals surface area (Å²) in [4.78, 5) is 64.6. The number of rotatable bonds is 10. The number of aliphatic hydroxyl groups is 1. The van der Waals surface area contributed by atoms with Crippen LogP contribution in [0.2, 0.25) is 0 Å². The summed E-state index contributed by atoms with van der Waals surface area (Å²) in [5, 5.41) is 20.1. The number of alkyl halides is 1. The maximum absolute atomic E-state index is 16.9. The molecule has 3 N–H and O–H groups in total. The van der Waals surface area contributed by atoms with Gasteiger partial charge in [-0.15, -0.1) is 5.10 Å². The van der Waals surface area contributed by atoms with Gasteiger partial charge in [-0.05, 0) is 61.1 Å². The lowest BCUT2D eigenvalue weighted by molar-refractivity contribution is -0.295. The summed E-state index contributed by atoms with van der Waals surface area (Å²) >= 11 is 1.53. The molecule has 1 amide bonds. The van der Waals surface area contributed by atoms with Crippen molar-refractivity contribution in [2.45, 2.75) is 141 Å². The first kappa shape index (κ1) is 51.0. The fraction of sp³-hybridized carbons (Fsp3) is 0.732. The van der Waals surface area contributed by atoms with Crippen molar-refractivity contribution >= 4 is 52.2 Å². The van der Waals surface area contributed by atoms with E-state index < -0.39 is 83.1 Å². The van der Waals surface area contributed by atoms with Crippen LogP contribution in [0.4, 0.5) is 18.2 Å². The molecule has 5 heterocycles. The van der Waals surface area contributed by atoms with E-state index in [2.05, 4.69) is 15.3 Å². The number of nitrogens with two attached hydrogens (primary N) is 1. The van der Waals surface area contributed by atoms with Gasteiger partial charge >= 0.3 is 12.1 Å². The number of amides is 1. The number of cyclic esters (lactones) is 1. The van der Waals surface area contributed by atoms with Gasteiger partial charge in [-0.3, -0.25) is 14.5 Å².